The van der Waals surface area contributed by atoms with Crippen LogP contribution in [0.5, 0.6) is 0 Å². The van der Waals surface area contributed by atoms with E-state index in [0.717, 1.165) is 12.0 Å². The van der Waals surface area contributed by atoms with E-state index in [-0.39, 0.29) is 11.7 Å². The monoisotopic (exact) mass is 292 g/mol. The number of ether oxygens (including phenoxy) is 2. The molecule has 1 atom stereocenters. The third-order valence-corrected chi connectivity index (χ3v) is 3.42. The fourth-order valence-corrected chi connectivity index (χ4v) is 2.27. The minimum Gasteiger partial charge on any atom is -0.444 e. The second-order valence-electron chi connectivity index (χ2n) is 6.75. The van der Waals surface area contributed by atoms with Crippen LogP contribution < -0.4 is 0 Å². The first-order valence-electron chi connectivity index (χ1n) is 7.28. The van der Waals surface area contributed by atoms with Crippen molar-refractivity contribution in [1.29, 1.82) is 0 Å². The first-order chi connectivity index (χ1) is 9.77. The summed E-state index contributed by atoms with van der Waals surface area (Å²) in [4.78, 5) is 17.8. The molecule has 1 aromatic rings. The van der Waals surface area contributed by atoms with Gasteiger partial charge in [0.15, 0.2) is 0 Å². The zero-order valence-electron chi connectivity index (χ0n) is 13.3. The number of nitrogens with zero attached hydrogens (tertiary/aromatic N) is 2. The number of likely N-dealkylation sites (tertiary alicyclic amines) is 1. The average Bonchev–Trinajstić information content (AvgIpc) is 2.79. The number of rotatable bonds is 3. The lowest BCUT2D eigenvalue weighted by atomic mass is 10.1. The molecule has 1 fully saturated rings. The van der Waals surface area contributed by atoms with E-state index in [4.69, 9.17) is 9.47 Å². The van der Waals surface area contributed by atoms with E-state index in [1.807, 2.05) is 39.8 Å². The van der Waals surface area contributed by atoms with Gasteiger partial charge in [0.25, 0.3) is 0 Å². The van der Waals surface area contributed by atoms with Crippen LogP contribution in [0.2, 0.25) is 0 Å². The molecule has 2 rings (SSSR count). The smallest absolute Gasteiger partial charge is 0.410 e. The van der Waals surface area contributed by atoms with Crippen LogP contribution >= 0.6 is 0 Å². The van der Waals surface area contributed by atoms with Crippen LogP contribution in [-0.2, 0) is 16.1 Å². The highest BCUT2D eigenvalue weighted by molar-refractivity contribution is 5.68. The van der Waals surface area contributed by atoms with Crippen LogP contribution in [0.4, 0.5) is 4.79 Å². The molecule has 1 unspecified atom stereocenters. The maximum absolute atomic E-state index is 12.1. The molecule has 0 aliphatic carbocycles. The van der Waals surface area contributed by atoms with Gasteiger partial charge in [0.05, 0.1) is 18.8 Å². The molecule has 0 spiro atoms. The molecule has 0 saturated carbocycles. The van der Waals surface area contributed by atoms with Crippen LogP contribution in [0.15, 0.2) is 24.5 Å². The Hall–Kier alpha value is -1.62. The van der Waals surface area contributed by atoms with Gasteiger partial charge in [0, 0.05) is 18.9 Å². The van der Waals surface area contributed by atoms with E-state index in [0.29, 0.717) is 19.7 Å². The summed E-state index contributed by atoms with van der Waals surface area (Å²) in [5, 5.41) is 0. The molecule has 0 N–H and O–H groups in total. The van der Waals surface area contributed by atoms with Gasteiger partial charge in [0.1, 0.15) is 5.60 Å². The van der Waals surface area contributed by atoms with Gasteiger partial charge in [-0.3, -0.25) is 4.98 Å². The van der Waals surface area contributed by atoms with Crippen LogP contribution in [0.1, 0.15) is 39.7 Å². The predicted molar refractivity (Wildman–Crippen MR) is 79.9 cm³/mol. The highest BCUT2D eigenvalue weighted by Crippen LogP contribution is 2.27. The molecule has 1 saturated heterocycles. The number of carbonyl (C=O) groups excluding carboxylic acids is 1. The Morgan fingerprint density at radius 2 is 2.05 bits per heavy atom. The van der Waals surface area contributed by atoms with E-state index in [1.54, 1.807) is 17.3 Å². The molecule has 2 heterocycles. The maximum Gasteiger partial charge on any atom is 0.410 e. The van der Waals surface area contributed by atoms with Crippen molar-refractivity contribution in [3.05, 3.63) is 30.1 Å². The Kier molecular flexibility index (Phi) is 4.52. The number of amides is 1. The topological polar surface area (TPSA) is 51.7 Å². The first-order valence-corrected chi connectivity index (χ1v) is 7.28. The number of aromatic nitrogens is 1. The van der Waals surface area contributed by atoms with Crippen molar-refractivity contribution in [2.75, 3.05) is 13.1 Å². The molecular weight excluding hydrogens is 268 g/mol. The summed E-state index contributed by atoms with van der Waals surface area (Å²) in [6.45, 7) is 9.43. The lowest BCUT2D eigenvalue weighted by Gasteiger charge is -2.27. The number of hydrogen-bond donors (Lipinski definition) is 0. The summed E-state index contributed by atoms with van der Waals surface area (Å²) in [6.07, 6.45) is 4.06. The minimum absolute atomic E-state index is 0.265. The molecule has 1 aliphatic heterocycles. The van der Waals surface area contributed by atoms with Gasteiger partial charge in [-0.25, -0.2) is 4.79 Å². The third kappa shape index (κ3) is 4.70. The van der Waals surface area contributed by atoms with Crippen LogP contribution in [-0.4, -0.2) is 40.3 Å². The maximum atomic E-state index is 12.1. The highest BCUT2D eigenvalue weighted by atomic mass is 16.6. The summed E-state index contributed by atoms with van der Waals surface area (Å²) in [7, 11) is 0. The molecule has 1 aromatic heterocycles. The van der Waals surface area contributed by atoms with E-state index in [2.05, 4.69) is 4.98 Å². The summed E-state index contributed by atoms with van der Waals surface area (Å²) in [5.74, 6) is 0. The fourth-order valence-electron chi connectivity index (χ4n) is 2.27. The molecule has 0 bridgehead atoms. The number of carbonyl (C=O) groups is 1. The van der Waals surface area contributed by atoms with Gasteiger partial charge in [-0.1, -0.05) is 0 Å². The van der Waals surface area contributed by atoms with E-state index in [1.165, 1.54) is 0 Å². The quantitative estimate of drug-likeness (QED) is 0.859. The summed E-state index contributed by atoms with van der Waals surface area (Å²) in [5.41, 5.74) is 0.302. The Morgan fingerprint density at radius 3 is 2.67 bits per heavy atom. The SMILES string of the molecule is CC(C)(C)OC(=O)N1CCC(C)(OCc2ccncc2)C1. The zero-order valence-corrected chi connectivity index (χ0v) is 13.3. The molecule has 0 radical (unpaired) electrons. The second-order valence-corrected chi connectivity index (χ2v) is 6.75. The van der Waals surface area contributed by atoms with Crippen molar-refractivity contribution >= 4 is 6.09 Å². The normalized spacial score (nSPS) is 22.4. The third-order valence-electron chi connectivity index (χ3n) is 3.42. The summed E-state index contributed by atoms with van der Waals surface area (Å²) < 4.78 is 11.4. The van der Waals surface area contributed by atoms with Crippen molar-refractivity contribution in [2.24, 2.45) is 0 Å². The van der Waals surface area contributed by atoms with Gasteiger partial charge in [-0.2, -0.15) is 0 Å². The Balaban J connectivity index is 1.87. The van der Waals surface area contributed by atoms with Gasteiger partial charge in [0.2, 0.25) is 0 Å². The van der Waals surface area contributed by atoms with E-state index < -0.39 is 5.60 Å². The van der Waals surface area contributed by atoms with Crippen molar-refractivity contribution < 1.29 is 14.3 Å². The van der Waals surface area contributed by atoms with Crippen molar-refractivity contribution in [3.63, 3.8) is 0 Å². The van der Waals surface area contributed by atoms with E-state index >= 15 is 0 Å². The molecule has 0 aromatic carbocycles. The van der Waals surface area contributed by atoms with Gasteiger partial charge in [-0.05, 0) is 51.8 Å². The minimum atomic E-state index is -0.464. The van der Waals surface area contributed by atoms with E-state index in [9.17, 15) is 4.79 Å². The van der Waals surface area contributed by atoms with Crippen LogP contribution in [0, 0.1) is 0 Å². The first kappa shape index (κ1) is 15.8. The van der Waals surface area contributed by atoms with Gasteiger partial charge in [-0.15, -0.1) is 0 Å². The van der Waals surface area contributed by atoms with Crippen LogP contribution in [0.25, 0.3) is 0 Å². The molecule has 116 valence electrons. The fraction of sp³-hybridized carbons (Fsp3) is 0.625. The Bertz CT molecular complexity index is 484. The number of hydrogen-bond acceptors (Lipinski definition) is 4. The lowest BCUT2D eigenvalue weighted by molar-refractivity contribution is -0.0374. The van der Waals surface area contributed by atoms with Crippen molar-refractivity contribution in [2.45, 2.75) is 51.9 Å². The Morgan fingerprint density at radius 1 is 1.38 bits per heavy atom. The van der Waals surface area contributed by atoms with Gasteiger partial charge < -0.3 is 14.4 Å². The predicted octanol–water partition coefficient (Wildman–Crippen LogP) is 3.00. The summed E-state index contributed by atoms with van der Waals surface area (Å²) >= 11 is 0. The standard InChI is InChI=1S/C16H24N2O3/c1-15(2,3)21-14(19)18-10-7-16(4,12-18)20-11-13-5-8-17-9-6-13/h5-6,8-9H,7,10-12H2,1-4H3. The molecule has 5 nitrogen and oxygen atoms in total. The molecular formula is C16H24N2O3. The largest absolute Gasteiger partial charge is 0.444 e. The van der Waals surface area contributed by atoms with Gasteiger partial charge >= 0.3 is 6.09 Å². The summed E-state index contributed by atoms with van der Waals surface area (Å²) in [6, 6.07) is 3.87. The highest BCUT2D eigenvalue weighted by Gasteiger charge is 2.38. The molecule has 21 heavy (non-hydrogen) atoms. The Labute approximate surface area is 126 Å². The zero-order chi connectivity index (χ0) is 15.5. The number of pyridine rings is 1. The molecule has 1 aliphatic rings. The average molecular weight is 292 g/mol. The molecule has 5 heteroatoms. The second kappa shape index (κ2) is 6.02. The van der Waals surface area contributed by atoms with Crippen molar-refractivity contribution in [3.8, 4) is 0 Å². The van der Waals surface area contributed by atoms with Crippen molar-refractivity contribution in [1.82, 2.24) is 9.88 Å². The lowest BCUT2D eigenvalue weighted by Crippen LogP contribution is -2.39. The van der Waals surface area contributed by atoms with Crippen LogP contribution in [0.3, 0.4) is 0 Å². The molecule has 1 amide bonds.